The normalized spacial score (nSPS) is 16.9. The highest BCUT2D eigenvalue weighted by atomic mass is 127. The zero-order chi connectivity index (χ0) is 16.9. The highest BCUT2D eigenvalue weighted by molar-refractivity contribution is 14.1. The Bertz CT molecular complexity index is 297. The summed E-state index contributed by atoms with van der Waals surface area (Å²) in [7, 11) is 0. The minimum Gasteiger partial charge on any atom is -0.224 e. The molecule has 0 nitrogen and oxygen atoms in total. The molecule has 0 aliphatic carbocycles. The number of unbranched alkanes of at least 4 members (excludes halogenated alkanes) is 3. The maximum Gasteiger partial charge on any atom is 0.431 e. The third-order valence-electron chi connectivity index (χ3n) is 3.57. The van der Waals surface area contributed by atoms with Crippen LogP contribution < -0.4 is 0 Å². The molecule has 128 valence electrons. The zero-order valence-corrected chi connectivity index (χ0v) is 14.1. The molecule has 0 spiro atoms. The Hall–Kier alpha value is 0.240. The van der Waals surface area contributed by atoms with Gasteiger partial charge in [0.1, 0.15) is 0 Å². The molecule has 21 heavy (non-hydrogen) atoms. The van der Waals surface area contributed by atoms with Crippen LogP contribution in [0.5, 0.6) is 0 Å². The SMILES string of the molecule is CCCCCCC(I)(CC)CC(F)(C(F)(F)F)C(F)(F)F. The molecule has 0 aliphatic heterocycles. The molecule has 0 bridgehead atoms. The fourth-order valence-electron chi connectivity index (χ4n) is 2.06. The van der Waals surface area contributed by atoms with Gasteiger partial charge in [-0.25, -0.2) is 4.39 Å². The molecule has 0 fully saturated rings. The van der Waals surface area contributed by atoms with Crippen LogP contribution in [0, 0.1) is 0 Å². The van der Waals surface area contributed by atoms with Crippen LogP contribution in [0.4, 0.5) is 30.7 Å². The van der Waals surface area contributed by atoms with Crippen LogP contribution in [0.25, 0.3) is 0 Å². The lowest BCUT2D eigenvalue weighted by Gasteiger charge is -2.37. The summed E-state index contributed by atoms with van der Waals surface area (Å²) in [4.78, 5) is 0. The number of hydrogen-bond donors (Lipinski definition) is 0. The molecule has 0 aromatic rings. The summed E-state index contributed by atoms with van der Waals surface area (Å²) < 4.78 is 88.1. The fraction of sp³-hybridized carbons (Fsp3) is 1.00. The van der Waals surface area contributed by atoms with Crippen molar-refractivity contribution in [2.45, 2.75) is 80.2 Å². The largest absolute Gasteiger partial charge is 0.431 e. The van der Waals surface area contributed by atoms with Gasteiger partial charge in [0.15, 0.2) is 0 Å². The van der Waals surface area contributed by atoms with E-state index < -0.39 is 27.9 Å². The highest BCUT2D eigenvalue weighted by Gasteiger charge is 2.73. The molecule has 1 atom stereocenters. The Balaban J connectivity index is 5.11. The van der Waals surface area contributed by atoms with Crippen molar-refractivity contribution in [3.63, 3.8) is 0 Å². The number of halogens is 8. The van der Waals surface area contributed by atoms with Gasteiger partial charge in [-0.15, -0.1) is 0 Å². The van der Waals surface area contributed by atoms with Gasteiger partial charge in [0, 0.05) is 9.84 Å². The van der Waals surface area contributed by atoms with Crippen LogP contribution in [0.1, 0.15) is 58.8 Å². The molecule has 0 aromatic heterocycles. The second-order valence-corrected chi connectivity index (χ2v) is 7.58. The van der Waals surface area contributed by atoms with E-state index in [4.69, 9.17) is 0 Å². The maximum atomic E-state index is 13.8. The molecule has 0 amide bonds. The van der Waals surface area contributed by atoms with Gasteiger partial charge in [-0.2, -0.15) is 26.3 Å². The molecular weight excluding hydrogens is 416 g/mol. The van der Waals surface area contributed by atoms with Crippen molar-refractivity contribution in [2.24, 2.45) is 0 Å². The van der Waals surface area contributed by atoms with Crippen molar-refractivity contribution < 1.29 is 30.7 Å². The van der Waals surface area contributed by atoms with Crippen LogP contribution in [-0.2, 0) is 0 Å². The van der Waals surface area contributed by atoms with Gasteiger partial charge in [0.25, 0.3) is 5.67 Å². The van der Waals surface area contributed by atoms with E-state index in [1.807, 2.05) is 6.92 Å². The lowest BCUT2D eigenvalue weighted by atomic mass is 9.85. The summed E-state index contributed by atoms with van der Waals surface area (Å²) in [6.07, 6.45) is -10.3. The van der Waals surface area contributed by atoms with Gasteiger partial charge in [0.2, 0.25) is 0 Å². The van der Waals surface area contributed by atoms with E-state index in [1.54, 1.807) is 22.6 Å². The van der Waals surface area contributed by atoms with Crippen molar-refractivity contribution in [1.29, 1.82) is 0 Å². The molecule has 0 radical (unpaired) electrons. The summed E-state index contributed by atoms with van der Waals surface area (Å²) in [5.41, 5.74) is -5.15. The van der Waals surface area contributed by atoms with E-state index >= 15 is 0 Å². The molecule has 0 heterocycles. The van der Waals surface area contributed by atoms with E-state index in [0.717, 1.165) is 19.3 Å². The van der Waals surface area contributed by atoms with Crippen LogP contribution in [0.2, 0.25) is 0 Å². The fourth-order valence-corrected chi connectivity index (χ4v) is 2.96. The minimum atomic E-state index is -5.96. The molecule has 0 N–H and O–H groups in total. The second-order valence-electron chi connectivity index (χ2n) is 5.29. The topological polar surface area (TPSA) is 0 Å². The first kappa shape index (κ1) is 21.2. The van der Waals surface area contributed by atoms with Crippen LogP contribution in [0.15, 0.2) is 0 Å². The van der Waals surface area contributed by atoms with Gasteiger partial charge in [-0.05, 0) is 12.8 Å². The Morgan fingerprint density at radius 1 is 0.762 bits per heavy atom. The number of alkyl halides is 8. The van der Waals surface area contributed by atoms with Gasteiger partial charge in [-0.1, -0.05) is 62.1 Å². The Kier molecular flexibility index (Phi) is 7.76. The van der Waals surface area contributed by atoms with Gasteiger partial charge in [0.05, 0.1) is 0 Å². The predicted octanol–water partition coefficient (Wildman–Crippen LogP) is 6.76. The monoisotopic (exact) mass is 436 g/mol. The van der Waals surface area contributed by atoms with Crippen molar-refractivity contribution >= 4 is 22.6 Å². The van der Waals surface area contributed by atoms with Crippen LogP contribution in [0.3, 0.4) is 0 Å². The Morgan fingerprint density at radius 2 is 1.24 bits per heavy atom. The smallest absolute Gasteiger partial charge is 0.224 e. The van der Waals surface area contributed by atoms with Crippen molar-refractivity contribution in [3.8, 4) is 0 Å². The van der Waals surface area contributed by atoms with Crippen molar-refractivity contribution in [1.82, 2.24) is 0 Å². The van der Waals surface area contributed by atoms with Gasteiger partial charge < -0.3 is 0 Å². The van der Waals surface area contributed by atoms with E-state index in [9.17, 15) is 30.7 Å². The average Bonchev–Trinajstić information content (AvgIpc) is 2.32. The molecule has 0 saturated heterocycles. The molecule has 8 heteroatoms. The minimum absolute atomic E-state index is 0.0531. The van der Waals surface area contributed by atoms with E-state index in [-0.39, 0.29) is 12.8 Å². The van der Waals surface area contributed by atoms with Gasteiger partial charge >= 0.3 is 12.4 Å². The average molecular weight is 436 g/mol. The third-order valence-corrected chi connectivity index (χ3v) is 5.25. The summed E-state index contributed by atoms with van der Waals surface area (Å²) in [6, 6.07) is 0. The molecule has 0 aromatic carbocycles. The summed E-state index contributed by atoms with van der Waals surface area (Å²) >= 11 is 1.56. The zero-order valence-electron chi connectivity index (χ0n) is 12.0. The number of rotatable bonds is 8. The third kappa shape index (κ3) is 5.74. The molecule has 1 unspecified atom stereocenters. The second kappa shape index (κ2) is 7.68. The van der Waals surface area contributed by atoms with E-state index in [0.29, 0.717) is 6.42 Å². The first-order valence-corrected chi connectivity index (χ1v) is 7.92. The van der Waals surface area contributed by atoms with Crippen molar-refractivity contribution in [3.05, 3.63) is 0 Å². The summed E-state index contributed by atoms with van der Waals surface area (Å²) in [5.74, 6) is 0. The lowest BCUT2D eigenvalue weighted by Crippen LogP contribution is -2.56. The highest BCUT2D eigenvalue weighted by Crippen LogP contribution is 2.53. The number of hydrogen-bond acceptors (Lipinski definition) is 0. The molecule has 0 saturated carbocycles. The van der Waals surface area contributed by atoms with Gasteiger partial charge in [-0.3, -0.25) is 0 Å². The standard InChI is InChI=1S/C13H20F7I/c1-3-5-6-7-8-10(21,4-2)9-11(14,12(15,16)17)13(18,19)20/h3-9H2,1-2H3. The molecule has 0 rings (SSSR count). The predicted molar refractivity (Wildman–Crippen MR) is 76.4 cm³/mol. The van der Waals surface area contributed by atoms with E-state index in [2.05, 4.69) is 0 Å². The van der Waals surface area contributed by atoms with Crippen LogP contribution >= 0.6 is 22.6 Å². The summed E-state index contributed by atoms with van der Waals surface area (Å²) in [6.45, 7) is 3.43. The Morgan fingerprint density at radius 3 is 1.57 bits per heavy atom. The quantitative estimate of drug-likeness (QED) is 0.171. The summed E-state index contributed by atoms with van der Waals surface area (Å²) in [5, 5.41) is 0. The van der Waals surface area contributed by atoms with Crippen LogP contribution in [-0.4, -0.2) is 21.4 Å². The van der Waals surface area contributed by atoms with Crippen molar-refractivity contribution in [2.75, 3.05) is 0 Å². The lowest BCUT2D eigenvalue weighted by molar-refractivity contribution is -0.344. The maximum absolute atomic E-state index is 13.8. The first-order valence-electron chi connectivity index (χ1n) is 6.84. The Labute approximate surface area is 134 Å². The molecular formula is C13H20F7I. The molecule has 0 aliphatic rings. The van der Waals surface area contributed by atoms with E-state index in [1.165, 1.54) is 6.92 Å². The first-order chi connectivity index (χ1) is 9.33.